The Labute approximate surface area is 196 Å². The van der Waals surface area contributed by atoms with E-state index in [9.17, 15) is 9.18 Å². The first-order chi connectivity index (χ1) is 16.5. The van der Waals surface area contributed by atoms with Crippen molar-refractivity contribution < 1.29 is 18.4 Å². The molecule has 8 heteroatoms. The zero-order chi connectivity index (χ0) is 23.9. The lowest BCUT2D eigenvalue weighted by Crippen LogP contribution is -2.17. The van der Waals surface area contributed by atoms with E-state index in [1.165, 1.54) is 12.4 Å². The molecule has 1 atom stereocenters. The van der Waals surface area contributed by atoms with Crippen LogP contribution in [0.1, 0.15) is 35.5 Å². The van der Waals surface area contributed by atoms with Crippen LogP contribution in [0, 0.1) is 24.6 Å². The Bertz CT molecular complexity index is 1340. The van der Waals surface area contributed by atoms with E-state index in [-0.39, 0.29) is 5.56 Å². The molecule has 0 bridgehead atoms. The first kappa shape index (κ1) is 22.7. The van der Waals surface area contributed by atoms with Crippen LogP contribution < -0.4 is 5.32 Å². The molecule has 0 saturated carbocycles. The summed E-state index contributed by atoms with van der Waals surface area (Å²) < 4.78 is 24.8. The second kappa shape index (κ2) is 10.4. The second-order valence-electron chi connectivity index (χ2n) is 7.42. The monoisotopic (exact) mass is 456 g/mol. The third-order valence-electron chi connectivity index (χ3n) is 5.01. The van der Waals surface area contributed by atoms with Crippen molar-refractivity contribution in [3.63, 3.8) is 0 Å². The van der Waals surface area contributed by atoms with Gasteiger partial charge < -0.3 is 9.26 Å². The summed E-state index contributed by atoms with van der Waals surface area (Å²) in [7, 11) is 0. The highest BCUT2D eigenvalue weighted by Gasteiger charge is 2.20. The normalized spacial score (nSPS) is 11.3. The molecule has 0 aliphatic rings. The Kier molecular flexibility index (Phi) is 6.94. The summed E-state index contributed by atoms with van der Waals surface area (Å²) in [6, 6.07) is 15.3. The highest BCUT2D eigenvalue weighted by Crippen LogP contribution is 2.31. The van der Waals surface area contributed by atoms with Crippen LogP contribution in [-0.4, -0.2) is 21.2 Å². The lowest BCUT2D eigenvalue weighted by Gasteiger charge is -2.15. The van der Waals surface area contributed by atoms with E-state index in [1.54, 1.807) is 38.2 Å². The van der Waals surface area contributed by atoms with E-state index in [4.69, 9.17) is 9.26 Å². The topological polar surface area (TPSA) is 90.1 Å². The van der Waals surface area contributed by atoms with Crippen LogP contribution in [0.3, 0.4) is 0 Å². The molecule has 1 unspecified atom stereocenters. The van der Waals surface area contributed by atoms with Gasteiger partial charge in [-0.1, -0.05) is 35.2 Å². The van der Waals surface area contributed by atoms with Crippen molar-refractivity contribution in [2.75, 3.05) is 5.32 Å². The molecule has 0 aliphatic heterocycles. The van der Waals surface area contributed by atoms with Crippen LogP contribution in [-0.2, 0) is 11.2 Å². The van der Waals surface area contributed by atoms with Crippen molar-refractivity contribution in [3.05, 3.63) is 95.5 Å². The molecule has 170 valence electrons. The molecule has 4 aromatic rings. The maximum Gasteiger partial charge on any atom is 0.412 e. The van der Waals surface area contributed by atoms with Gasteiger partial charge in [0.15, 0.2) is 5.76 Å². The SMILES string of the molecule is Cc1noc(-c2ccc(C#CCc3ccncn3)cc2)c1NC(=O)OC(C)c1ccccc1F. The highest BCUT2D eigenvalue weighted by molar-refractivity contribution is 5.90. The maximum atomic E-state index is 14.0. The summed E-state index contributed by atoms with van der Waals surface area (Å²) in [6.07, 6.45) is 2.18. The number of benzene rings is 2. The van der Waals surface area contributed by atoms with Gasteiger partial charge in [-0.3, -0.25) is 5.32 Å². The molecule has 2 aromatic carbocycles. The minimum absolute atomic E-state index is 0.288. The van der Waals surface area contributed by atoms with Crippen molar-refractivity contribution in [1.29, 1.82) is 0 Å². The smallest absolute Gasteiger partial charge is 0.412 e. The van der Waals surface area contributed by atoms with Crippen LogP contribution >= 0.6 is 0 Å². The van der Waals surface area contributed by atoms with E-state index in [1.807, 2.05) is 30.3 Å². The molecule has 0 spiro atoms. The molecule has 2 aromatic heterocycles. The molecule has 0 fully saturated rings. The fourth-order valence-electron chi connectivity index (χ4n) is 3.24. The molecule has 0 saturated heterocycles. The lowest BCUT2D eigenvalue weighted by atomic mass is 10.1. The lowest BCUT2D eigenvalue weighted by molar-refractivity contribution is 0.119. The van der Waals surface area contributed by atoms with Crippen molar-refractivity contribution in [3.8, 4) is 23.2 Å². The van der Waals surface area contributed by atoms with Crippen molar-refractivity contribution in [1.82, 2.24) is 15.1 Å². The summed E-state index contributed by atoms with van der Waals surface area (Å²) in [4.78, 5) is 20.5. The van der Waals surface area contributed by atoms with Crippen LogP contribution in [0.15, 0.2) is 71.6 Å². The van der Waals surface area contributed by atoms with E-state index in [2.05, 4.69) is 32.3 Å². The third kappa shape index (κ3) is 5.45. The van der Waals surface area contributed by atoms with Gasteiger partial charge in [-0.05, 0) is 50.2 Å². The van der Waals surface area contributed by atoms with Gasteiger partial charge in [-0.2, -0.15) is 0 Å². The molecule has 1 amide bonds. The summed E-state index contributed by atoms with van der Waals surface area (Å²) >= 11 is 0. The number of nitrogens with zero attached hydrogens (tertiary/aromatic N) is 3. The summed E-state index contributed by atoms with van der Waals surface area (Å²) in [5.74, 6) is 6.11. The number of aromatic nitrogens is 3. The van der Waals surface area contributed by atoms with Gasteiger partial charge >= 0.3 is 6.09 Å². The largest absolute Gasteiger partial charge is 0.441 e. The molecule has 2 heterocycles. The number of rotatable bonds is 5. The van der Waals surface area contributed by atoms with Gasteiger partial charge in [0.2, 0.25) is 0 Å². The zero-order valence-corrected chi connectivity index (χ0v) is 18.6. The Hall–Kier alpha value is -4.51. The Morgan fingerprint density at radius 3 is 2.71 bits per heavy atom. The van der Waals surface area contributed by atoms with Gasteiger partial charge in [0.05, 0.1) is 12.1 Å². The number of halogens is 1. The number of carbonyl (C=O) groups excluding carboxylic acids is 1. The maximum absolute atomic E-state index is 14.0. The predicted octanol–water partition coefficient (Wildman–Crippen LogP) is 5.48. The number of aryl methyl sites for hydroxylation is 1. The number of hydrogen-bond donors (Lipinski definition) is 1. The van der Waals surface area contributed by atoms with E-state index >= 15 is 0 Å². The van der Waals surface area contributed by atoms with Crippen molar-refractivity contribution in [2.24, 2.45) is 0 Å². The summed E-state index contributed by atoms with van der Waals surface area (Å²) in [5, 5.41) is 6.62. The predicted molar refractivity (Wildman–Crippen MR) is 124 cm³/mol. The number of nitrogens with one attached hydrogen (secondary N) is 1. The fourth-order valence-corrected chi connectivity index (χ4v) is 3.24. The average molecular weight is 456 g/mol. The highest BCUT2D eigenvalue weighted by atomic mass is 19.1. The molecular formula is C26H21FN4O3. The molecular weight excluding hydrogens is 435 g/mol. The quantitative estimate of drug-likeness (QED) is 0.400. The van der Waals surface area contributed by atoms with Crippen molar-refractivity contribution >= 4 is 11.8 Å². The van der Waals surface area contributed by atoms with E-state index < -0.39 is 18.0 Å². The van der Waals surface area contributed by atoms with Gasteiger partial charge in [0, 0.05) is 22.9 Å². The first-order valence-corrected chi connectivity index (χ1v) is 10.5. The minimum Gasteiger partial charge on any atom is -0.441 e. The molecule has 34 heavy (non-hydrogen) atoms. The molecule has 7 nitrogen and oxygen atoms in total. The summed E-state index contributed by atoms with van der Waals surface area (Å²) in [6.45, 7) is 3.31. The van der Waals surface area contributed by atoms with Crippen LogP contribution in [0.4, 0.5) is 14.9 Å². The molecule has 0 radical (unpaired) electrons. The van der Waals surface area contributed by atoms with E-state index in [0.29, 0.717) is 29.1 Å². The van der Waals surface area contributed by atoms with Gasteiger partial charge in [-0.25, -0.2) is 19.2 Å². The number of hydrogen-bond acceptors (Lipinski definition) is 6. The van der Waals surface area contributed by atoms with Crippen LogP contribution in [0.5, 0.6) is 0 Å². The van der Waals surface area contributed by atoms with E-state index in [0.717, 1.165) is 11.3 Å². The third-order valence-corrected chi connectivity index (χ3v) is 5.01. The minimum atomic E-state index is -0.773. The zero-order valence-electron chi connectivity index (χ0n) is 18.6. The number of carbonyl (C=O) groups is 1. The van der Waals surface area contributed by atoms with Crippen molar-refractivity contribution in [2.45, 2.75) is 26.4 Å². The molecule has 1 N–H and O–H groups in total. The standard InChI is InChI=1S/C26H21FN4O3/c1-17-24(30-26(32)33-18(2)22-8-3-4-9-23(22)27)25(34-31-17)20-12-10-19(11-13-20)6-5-7-21-14-15-28-16-29-21/h3-4,8-16,18H,7H2,1-2H3,(H,30,32). The second-order valence-corrected chi connectivity index (χ2v) is 7.42. The first-order valence-electron chi connectivity index (χ1n) is 10.5. The van der Waals surface area contributed by atoms with Crippen LogP contribution in [0.25, 0.3) is 11.3 Å². The Morgan fingerprint density at radius 1 is 1.18 bits per heavy atom. The number of amides is 1. The molecule has 4 rings (SSSR count). The van der Waals surface area contributed by atoms with Gasteiger partial charge in [0.1, 0.15) is 29.6 Å². The van der Waals surface area contributed by atoms with Crippen LogP contribution in [0.2, 0.25) is 0 Å². The Balaban J connectivity index is 1.44. The Morgan fingerprint density at radius 2 is 1.97 bits per heavy atom. The van der Waals surface area contributed by atoms with Gasteiger partial charge in [-0.15, -0.1) is 0 Å². The number of ether oxygens (including phenoxy) is 1. The summed E-state index contributed by atoms with van der Waals surface area (Å²) in [5.41, 5.74) is 3.54. The number of anilines is 1. The average Bonchev–Trinajstić information content (AvgIpc) is 3.20. The fraction of sp³-hybridized carbons (Fsp3) is 0.154. The molecule has 0 aliphatic carbocycles. The van der Waals surface area contributed by atoms with Gasteiger partial charge in [0.25, 0.3) is 0 Å².